The summed E-state index contributed by atoms with van der Waals surface area (Å²) < 4.78 is 26.5. The van der Waals surface area contributed by atoms with E-state index in [1.54, 1.807) is 6.92 Å². The number of hydrogen-bond acceptors (Lipinski definition) is 3. The second kappa shape index (κ2) is 6.77. The number of anilines is 1. The topological polar surface area (TPSA) is 57.7 Å². The first-order chi connectivity index (χ1) is 11.3. The Hall–Kier alpha value is -0.920. The smallest absolute Gasteiger partial charge is 0.230 e. The van der Waals surface area contributed by atoms with Crippen LogP contribution >= 0.6 is 15.9 Å². The molecule has 24 heavy (non-hydrogen) atoms. The van der Waals surface area contributed by atoms with Gasteiger partial charge in [-0.15, -0.1) is 0 Å². The maximum Gasteiger partial charge on any atom is 0.230 e. The summed E-state index contributed by atoms with van der Waals surface area (Å²) in [6, 6.07) is 6.19. The van der Waals surface area contributed by atoms with Crippen LogP contribution in [0.25, 0.3) is 0 Å². The zero-order chi connectivity index (χ0) is 17.5. The molecule has 0 N–H and O–H groups in total. The summed E-state index contributed by atoms with van der Waals surface area (Å²) in [6.07, 6.45) is 2.07. The highest BCUT2D eigenvalue weighted by atomic mass is 79.9. The van der Waals surface area contributed by atoms with Crippen LogP contribution < -0.4 is 4.90 Å². The molecule has 0 saturated carbocycles. The van der Waals surface area contributed by atoms with Gasteiger partial charge in [0.2, 0.25) is 15.9 Å². The molecule has 2 heterocycles. The van der Waals surface area contributed by atoms with Gasteiger partial charge in [0.1, 0.15) is 0 Å². The van der Waals surface area contributed by atoms with Gasteiger partial charge in [0, 0.05) is 35.2 Å². The number of nitrogens with zero attached hydrogens (tertiary/aromatic N) is 2. The summed E-state index contributed by atoms with van der Waals surface area (Å²) in [6.45, 7) is 4.63. The molecule has 2 aliphatic rings. The molecule has 1 unspecified atom stereocenters. The van der Waals surface area contributed by atoms with Crippen LogP contribution in [-0.4, -0.2) is 43.5 Å². The van der Waals surface area contributed by atoms with E-state index in [1.165, 1.54) is 9.87 Å². The molecule has 7 heteroatoms. The fraction of sp³-hybridized carbons (Fsp3) is 0.588. The van der Waals surface area contributed by atoms with Gasteiger partial charge in [0.05, 0.1) is 5.75 Å². The van der Waals surface area contributed by atoms with Crippen LogP contribution in [0.1, 0.15) is 32.3 Å². The summed E-state index contributed by atoms with van der Waals surface area (Å²) in [4.78, 5) is 14.9. The van der Waals surface area contributed by atoms with Gasteiger partial charge in [-0.05, 0) is 56.9 Å². The lowest BCUT2D eigenvalue weighted by Gasteiger charge is -2.33. The Kier molecular flexibility index (Phi) is 5.04. The van der Waals surface area contributed by atoms with Gasteiger partial charge in [0.25, 0.3) is 0 Å². The fourth-order valence-corrected chi connectivity index (χ4v) is 5.24. The Morgan fingerprint density at radius 2 is 1.96 bits per heavy atom. The summed E-state index contributed by atoms with van der Waals surface area (Å²) in [5, 5.41) is 0. The first kappa shape index (κ1) is 17.9. The maximum atomic E-state index is 13.0. The number of hydrogen-bond donors (Lipinski definition) is 0. The Bertz CT molecular complexity index is 742. The van der Waals surface area contributed by atoms with Crippen LogP contribution in [0.2, 0.25) is 0 Å². The van der Waals surface area contributed by atoms with Gasteiger partial charge in [-0.2, -0.15) is 0 Å². The fourth-order valence-electron chi connectivity index (χ4n) is 3.70. The number of fused-ring (bicyclic) bond motifs is 1. The van der Waals surface area contributed by atoms with Crippen molar-refractivity contribution in [1.29, 1.82) is 0 Å². The minimum atomic E-state index is -3.15. The number of halogens is 1. The quantitative estimate of drug-likeness (QED) is 0.763. The van der Waals surface area contributed by atoms with Crippen molar-refractivity contribution in [2.75, 3.05) is 23.7 Å². The predicted octanol–water partition coefficient (Wildman–Crippen LogP) is 2.79. The van der Waals surface area contributed by atoms with Crippen molar-refractivity contribution in [2.45, 2.75) is 39.2 Å². The first-order valence-electron chi connectivity index (χ1n) is 8.43. The number of rotatable bonds is 3. The number of amides is 1. The van der Waals surface area contributed by atoms with Crippen molar-refractivity contribution in [3.63, 3.8) is 0 Å². The summed E-state index contributed by atoms with van der Waals surface area (Å²) in [5.74, 6) is 0.166. The van der Waals surface area contributed by atoms with Crippen molar-refractivity contribution >= 4 is 37.5 Å². The zero-order valence-corrected chi connectivity index (χ0v) is 16.4. The van der Waals surface area contributed by atoms with Crippen LogP contribution in [0, 0.1) is 5.92 Å². The molecule has 0 aromatic heterocycles. The summed E-state index contributed by atoms with van der Waals surface area (Å²) >= 11 is 3.48. The number of carbonyl (C=O) groups excluding carboxylic acids is 1. The predicted molar refractivity (Wildman–Crippen MR) is 98.6 cm³/mol. The molecule has 132 valence electrons. The third kappa shape index (κ3) is 3.26. The molecule has 1 atom stereocenters. The van der Waals surface area contributed by atoms with E-state index in [0.29, 0.717) is 25.9 Å². The van der Waals surface area contributed by atoms with E-state index in [9.17, 15) is 13.2 Å². The lowest BCUT2D eigenvalue weighted by Crippen LogP contribution is -2.46. The summed E-state index contributed by atoms with van der Waals surface area (Å²) in [5.41, 5.74) is 2.19. The second-order valence-electron chi connectivity index (χ2n) is 6.61. The first-order valence-corrected chi connectivity index (χ1v) is 10.8. The highest BCUT2D eigenvalue weighted by Crippen LogP contribution is 2.36. The Morgan fingerprint density at radius 1 is 1.29 bits per heavy atom. The van der Waals surface area contributed by atoms with Gasteiger partial charge >= 0.3 is 0 Å². The third-order valence-electron chi connectivity index (χ3n) is 5.06. The van der Waals surface area contributed by atoms with Gasteiger partial charge in [0.15, 0.2) is 0 Å². The maximum absolute atomic E-state index is 13.0. The van der Waals surface area contributed by atoms with Gasteiger partial charge in [-0.25, -0.2) is 12.7 Å². The summed E-state index contributed by atoms with van der Waals surface area (Å²) in [7, 11) is -3.15. The van der Waals surface area contributed by atoms with E-state index in [4.69, 9.17) is 0 Å². The lowest BCUT2D eigenvalue weighted by molar-refractivity contribution is -0.123. The number of carbonyl (C=O) groups is 1. The van der Waals surface area contributed by atoms with Crippen LogP contribution in [0.15, 0.2) is 22.7 Å². The van der Waals surface area contributed by atoms with Crippen LogP contribution in [0.5, 0.6) is 0 Å². The second-order valence-corrected chi connectivity index (χ2v) is 9.78. The largest absolute Gasteiger partial charge is 0.309 e. The molecule has 5 nitrogen and oxygen atoms in total. The van der Waals surface area contributed by atoms with Crippen molar-refractivity contribution in [3.8, 4) is 0 Å². The van der Waals surface area contributed by atoms with Crippen molar-refractivity contribution in [3.05, 3.63) is 28.2 Å². The molecule has 3 rings (SSSR count). The van der Waals surface area contributed by atoms with E-state index in [1.807, 2.05) is 17.0 Å². The van der Waals surface area contributed by atoms with Crippen molar-refractivity contribution in [1.82, 2.24) is 4.31 Å². The molecule has 0 spiro atoms. The molecule has 0 radical (unpaired) electrons. The van der Waals surface area contributed by atoms with Gasteiger partial charge in [-0.3, -0.25) is 4.79 Å². The lowest BCUT2D eigenvalue weighted by atomic mass is 9.96. The zero-order valence-electron chi connectivity index (χ0n) is 14.0. The standard InChI is InChI=1S/C17H23BrN2O3S/c1-3-24(22,23)19-8-6-13(7-9-19)17(21)20-12(2)10-14-11-15(18)4-5-16(14)20/h4-5,11-13H,3,6-10H2,1-2H3. The van der Waals surface area contributed by atoms with Gasteiger partial charge in [-0.1, -0.05) is 15.9 Å². The molecule has 0 aliphatic carbocycles. The van der Waals surface area contributed by atoms with Crippen LogP contribution in [0.3, 0.4) is 0 Å². The van der Waals surface area contributed by atoms with E-state index in [0.717, 1.165) is 16.6 Å². The highest BCUT2D eigenvalue weighted by molar-refractivity contribution is 9.10. The minimum Gasteiger partial charge on any atom is -0.309 e. The molecular formula is C17H23BrN2O3S. The SMILES string of the molecule is CCS(=O)(=O)N1CCC(C(=O)N2c3ccc(Br)cc3CC2C)CC1. The molecule has 1 fully saturated rings. The molecular weight excluding hydrogens is 392 g/mol. The van der Waals surface area contributed by atoms with Crippen molar-refractivity contribution < 1.29 is 13.2 Å². The molecule has 2 aliphatic heterocycles. The molecule has 1 aromatic carbocycles. The molecule has 0 bridgehead atoms. The highest BCUT2D eigenvalue weighted by Gasteiger charge is 2.37. The Morgan fingerprint density at radius 3 is 2.58 bits per heavy atom. The number of sulfonamides is 1. The van der Waals surface area contributed by atoms with Gasteiger partial charge < -0.3 is 4.90 Å². The van der Waals surface area contributed by atoms with E-state index in [-0.39, 0.29) is 23.6 Å². The minimum absolute atomic E-state index is 0.0923. The third-order valence-corrected chi connectivity index (χ3v) is 7.43. The monoisotopic (exact) mass is 414 g/mol. The molecule has 1 saturated heterocycles. The van der Waals surface area contributed by atoms with Crippen molar-refractivity contribution in [2.24, 2.45) is 5.92 Å². The Balaban J connectivity index is 1.73. The van der Waals surface area contributed by atoms with Crippen LogP contribution in [-0.2, 0) is 21.2 Å². The average molecular weight is 415 g/mol. The normalized spacial score (nSPS) is 22.6. The number of benzene rings is 1. The van der Waals surface area contributed by atoms with E-state index >= 15 is 0 Å². The van der Waals surface area contributed by atoms with Crippen LogP contribution in [0.4, 0.5) is 5.69 Å². The number of piperidine rings is 1. The molecule has 1 amide bonds. The van der Waals surface area contributed by atoms with E-state index < -0.39 is 10.0 Å². The van der Waals surface area contributed by atoms with E-state index in [2.05, 4.69) is 28.9 Å². The average Bonchev–Trinajstić information content (AvgIpc) is 2.89. The Labute approximate surface area is 152 Å². The molecule has 1 aromatic rings.